The van der Waals surface area contributed by atoms with E-state index in [9.17, 15) is 4.79 Å². The zero-order chi connectivity index (χ0) is 12.3. The van der Waals surface area contributed by atoms with Crippen LogP contribution in [0, 0.1) is 19.3 Å². The summed E-state index contributed by atoms with van der Waals surface area (Å²) in [6.07, 6.45) is 0. The molecular formula is C10H17N3O2S. The number of oxazole rings is 1. The number of hydrazine groups is 1. The molecule has 1 rings (SSSR count). The Kier molecular flexibility index (Phi) is 3.98. The number of amides is 1. The average molecular weight is 243 g/mol. The van der Waals surface area contributed by atoms with Gasteiger partial charge in [0.25, 0.3) is 5.22 Å². The number of carbonyl (C=O) groups is 1. The number of nitrogens with two attached hydrogens (primary N) is 1. The fourth-order valence-corrected chi connectivity index (χ4v) is 2.01. The van der Waals surface area contributed by atoms with Gasteiger partial charge >= 0.3 is 0 Å². The van der Waals surface area contributed by atoms with Crippen molar-refractivity contribution in [2.75, 3.05) is 5.75 Å². The van der Waals surface area contributed by atoms with Gasteiger partial charge in [0, 0.05) is 5.75 Å². The van der Waals surface area contributed by atoms with E-state index < -0.39 is 5.41 Å². The van der Waals surface area contributed by atoms with Crippen LogP contribution in [-0.2, 0) is 4.79 Å². The lowest BCUT2D eigenvalue weighted by molar-refractivity contribution is -0.128. The van der Waals surface area contributed by atoms with Gasteiger partial charge < -0.3 is 4.42 Å². The summed E-state index contributed by atoms with van der Waals surface area (Å²) in [5, 5.41) is 0.591. The van der Waals surface area contributed by atoms with Crippen LogP contribution in [-0.4, -0.2) is 16.6 Å². The molecule has 1 aromatic rings. The van der Waals surface area contributed by atoms with E-state index in [0.717, 1.165) is 11.5 Å². The van der Waals surface area contributed by atoms with Crippen molar-refractivity contribution in [3.05, 3.63) is 11.5 Å². The number of thioether (sulfide) groups is 1. The second kappa shape index (κ2) is 4.88. The molecule has 0 saturated carbocycles. The zero-order valence-corrected chi connectivity index (χ0v) is 10.8. The summed E-state index contributed by atoms with van der Waals surface area (Å²) in [6, 6.07) is 0. The number of aryl methyl sites for hydroxylation is 2. The van der Waals surface area contributed by atoms with Crippen molar-refractivity contribution in [3.63, 3.8) is 0 Å². The van der Waals surface area contributed by atoms with Crippen LogP contribution in [0.2, 0.25) is 0 Å². The third-order valence-electron chi connectivity index (χ3n) is 2.31. The van der Waals surface area contributed by atoms with Gasteiger partial charge in [0.05, 0.1) is 11.1 Å². The molecule has 0 aliphatic carbocycles. The molecular weight excluding hydrogens is 226 g/mol. The summed E-state index contributed by atoms with van der Waals surface area (Å²) in [6.45, 7) is 7.40. The topological polar surface area (TPSA) is 81.2 Å². The first kappa shape index (κ1) is 13.1. The van der Waals surface area contributed by atoms with Crippen molar-refractivity contribution in [3.8, 4) is 0 Å². The van der Waals surface area contributed by atoms with Crippen molar-refractivity contribution in [2.24, 2.45) is 11.3 Å². The second-order valence-electron chi connectivity index (χ2n) is 4.27. The molecule has 1 heterocycles. The Bertz CT molecular complexity index is 368. The van der Waals surface area contributed by atoms with Gasteiger partial charge in [-0.1, -0.05) is 25.6 Å². The van der Waals surface area contributed by atoms with Crippen LogP contribution >= 0.6 is 11.8 Å². The predicted molar refractivity (Wildman–Crippen MR) is 62.8 cm³/mol. The molecule has 0 spiro atoms. The molecule has 1 amide bonds. The molecule has 3 N–H and O–H groups in total. The molecule has 0 fully saturated rings. The molecule has 0 bridgehead atoms. The Morgan fingerprint density at radius 2 is 2.19 bits per heavy atom. The highest BCUT2D eigenvalue weighted by Gasteiger charge is 2.27. The van der Waals surface area contributed by atoms with Crippen LogP contribution in [0.4, 0.5) is 0 Å². The second-order valence-corrected chi connectivity index (χ2v) is 5.19. The van der Waals surface area contributed by atoms with Crippen LogP contribution in [0.3, 0.4) is 0 Å². The van der Waals surface area contributed by atoms with Crippen molar-refractivity contribution < 1.29 is 9.21 Å². The van der Waals surface area contributed by atoms with E-state index in [2.05, 4.69) is 10.4 Å². The van der Waals surface area contributed by atoms with Crippen molar-refractivity contribution >= 4 is 17.7 Å². The third kappa shape index (κ3) is 2.99. The molecule has 0 aliphatic heterocycles. The molecule has 0 aromatic carbocycles. The Labute approximate surface area is 99.1 Å². The highest BCUT2D eigenvalue weighted by molar-refractivity contribution is 7.99. The minimum absolute atomic E-state index is 0.194. The van der Waals surface area contributed by atoms with Gasteiger partial charge in [-0.3, -0.25) is 10.2 Å². The quantitative estimate of drug-likeness (QED) is 0.361. The third-order valence-corrected chi connectivity index (χ3v) is 3.60. The Morgan fingerprint density at radius 1 is 1.56 bits per heavy atom. The number of carbonyl (C=O) groups excluding carboxylic acids is 1. The van der Waals surface area contributed by atoms with E-state index in [1.807, 2.05) is 27.7 Å². The molecule has 0 unspecified atom stereocenters. The number of rotatable bonds is 4. The maximum absolute atomic E-state index is 11.4. The lowest BCUT2D eigenvalue weighted by Crippen LogP contribution is -2.42. The highest BCUT2D eigenvalue weighted by Crippen LogP contribution is 2.28. The molecule has 90 valence electrons. The van der Waals surface area contributed by atoms with E-state index in [1.54, 1.807) is 0 Å². The Balaban J connectivity index is 2.60. The SMILES string of the molecule is Cc1nc(SCC(C)(C)C(=O)NN)oc1C. The monoisotopic (exact) mass is 243 g/mol. The minimum atomic E-state index is -0.546. The van der Waals surface area contributed by atoms with Gasteiger partial charge in [0.2, 0.25) is 5.91 Å². The molecule has 0 atom stereocenters. The van der Waals surface area contributed by atoms with Gasteiger partial charge in [-0.25, -0.2) is 10.8 Å². The van der Waals surface area contributed by atoms with Crippen LogP contribution < -0.4 is 11.3 Å². The summed E-state index contributed by atoms with van der Waals surface area (Å²) in [4.78, 5) is 15.7. The maximum atomic E-state index is 11.4. The smallest absolute Gasteiger partial charge is 0.256 e. The van der Waals surface area contributed by atoms with Crippen LogP contribution in [0.5, 0.6) is 0 Å². The van der Waals surface area contributed by atoms with Crippen LogP contribution in [0.25, 0.3) is 0 Å². The van der Waals surface area contributed by atoms with Gasteiger partial charge in [0.15, 0.2) is 0 Å². The van der Waals surface area contributed by atoms with E-state index in [4.69, 9.17) is 10.3 Å². The van der Waals surface area contributed by atoms with E-state index >= 15 is 0 Å². The van der Waals surface area contributed by atoms with E-state index in [1.165, 1.54) is 11.8 Å². The fourth-order valence-electron chi connectivity index (χ4n) is 1.01. The predicted octanol–water partition coefficient (Wildman–Crippen LogP) is 1.40. The standard InChI is InChI=1S/C10H17N3O2S/c1-6-7(2)15-9(12-6)16-5-10(3,4)8(14)13-11/h5,11H2,1-4H3,(H,13,14). The average Bonchev–Trinajstić information content (AvgIpc) is 2.54. The number of aromatic nitrogens is 1. The lowest BCUT2D eigenvalue weighted by Gasteiger charge is -2.20. The van der Waals surface area contributed by atoms with E-state index in [-0.39, 0.29) is 5.91 Å². The maximum Gasteiger partial charge on any atom is 0.256 e. The molecule has 16 heavy (non-hydrogen) atoms. The Morgan fingerprint density at radius 3 is 2.62 bits per heavy atom. The number of nitrogens with zero attached hydrogens (tertiary/aromatic N) is 1. The zero-order valence-electron chi connectivity index (χ0n) is 9.96. The number of hydrogen-bond acceptors (Lipinski definition) is 5. The first-order chi connectivity index (χ1) is 7.36. The first-order valence-electron chi connectivity index (χ1n) is 4.94. The highest BCUT2D eigenvalue weighted by atomic mass is 32.2. The van der Waals surface area contributed by atoms with Gasteiger partial charge in [-0.05, 0) is 13.8 Å². The van der Waals surface area contributed by atoms with Crippen molar-refractivity contribution in [2.45, 2.75) is 32.9 Å². The lowest BCUT2D eigenvalue weighted by atomic mass is 9.96. The summed E-state index contributed by atoms with van der Waals surface area (Å²) in [5.74, 6) is 6.29. The number of nitrogens with one attached hydrogen (secondary N) is 1. The minimum Gasteiger partial charge on any atom is -0.437 e. The molecule has 1 aromatic heterocycles. The summed E-state index contributed by atoms with van der Waals surface area (Å²) >= 11 is 1.41. The van der Waals surface area contributed by atoms with Crippen LogP contribution in [0.1, 0.15) is 25.3 Å². The Hall–Kier alpha value is -1.01. The molecule has 6 heteroatoms. The fraction of sp³-hybridized carbons (Fsp3) is 0.600. The van der Waals surface area contributed by atoms with Gasteiger partial charge in [-0.15, -0.1) is 0 Å². The summed E-state index contributed by atoms with van der Waals surface area (Å²) < 4.78 is 5.41. The van der Waals surface area contributed by atoms with E-state index in [0.29, 0.717) is 11.0 Å². The first-order valence-corrected chi connectivity index (χ1v) is 5.93. The molecule has 0 radical (unpaired) electrons. The number of hydrogen-bond donors (Lipinski definition) is 2. The molecule has 5 nitrogen and oxygen atoms in total. The molecule has 0 aliphatic rings. The summed E-state index contributed by atoms with van der Waals surface area (Å²) in [7, 11) is 0. The molecule has 0 saturated heterocycles. The van der Waals surface area contributed by atoms with Gasteiger partial charge in [0.1, 0.15) is 5.76 Å². The normalized spacial score (nSPS) is 11.6. The van der Waals surface area contributed by atoms with Crippen LogP contribution in [0.15, 0.2) is 9.64 Å². The van der Waals surface area contributed by atoms with Crippen molar-refractivity contribution in [1.82, 2.24) is 10.4 Å². The van der Waals surface area contributed by atoms with Crippen molar-refractivity contribution in [1.29, 1.82) is 0 Å². The van der Waals surface area contributed by atoms with Gasteiger partial charge in [-0.2, -0.15) is 0 Å². The summed E-state index contributed by atoms with van der Waals surface area (Å²) in [5.41, 5.74) is 2.49. The largest absolute Gasteiger partial charge is 0.437 e.